The number of nitrogens with zero attached hydrogens (tertiary/aromatic N) is 3. The number of carbonyl (C=O) groups is 2. The van der Waals surface area contributed by atoms with Crippen LogP contribution in [-0.2, 0) is 11.0 Å². The number of carbonyl (C=O) groups excluding carboxylic acids is 2. The van der Waals surface area contributed by atoms with Crippen molar-refractivity contribution in [1.82, 2.24) is 15.2 Å². The number of ether oxygens (including phenoxy) is 1. The van der Waals surface area contributed by atoms with E-state index in [1.165, 1.54) is 23.1 Å². The van der Waals surface area contributed by atoms with Crippen molar-refractivity contribution in [3.8, 4) is 5.75 Å². The highest BCUT2D eigenvalue weighted by Crippen LogP contribution is 2.31. The molecule has 2 aliphatic rings. The van der Waals surface area contributed by atoms with Crippen molar-refractivity contribution in [2.45, 2.75) is 43.9 Å². The molecule has 12 heteroatoms. The molecule has 2 fully saturated rings. The molecule has 3 amide bonds. The van der Waals surface area contributed by atoms with Crippen LogP contribution in [0.2, 0.25) is 5.02 Å². The van der Waals surface area contributed by atoms with Gasteiger partial charge in [0.15, 0.2) is 6.61 Å². The van der Waals surface area contributed by atoms with E-state index < -0.39 is 17.7 Å². The smallest absolute Gasteiger partial charge is 0.433 e. The van der Waals surface area contributed by atoms with Crippen LogP contribution in [-0.4, -0.2) is 53.6 Å². The van der Waals surface area contributed by atoms with Crippen molar-refractivity contribution >= 4 is 29.2 Å². The zero-order chi connectivity index (χ0) is 25.2. The molecule has 0 bridgehead atoms. The van der Waals surface area contributed by atoms with E-state index in [1.54, 1.807) is 4.90 Å². The van der Waals surface area contributed by atoms with Crippen LogP contribution in [0.4, 0.5) is 28.0 Å². The monoisotopic (exact) mass is 514 g/mol. The summed E-state index contributed by atoms with van der Waals surface area (Å²) >= 11 is 5.62. The van der Waals surface area contributed by atoms with Crippen LogP contribution in [0.25, 0.3) is 0 Å². The van der Waals surface area contributed by atoms with Gasteiger partial charge in [0.25, 0.3) is 5.91 Å². The highest BCUT2D eigenvalue weighted by molar-refractivity contribution is 6.30. The highest BCUT2D eigenvalue weighted by Gasteiger charge is 2.37. The predicted octanol–water partition coefficient (Wildman–Crippen LogP) is 4.64. The Morgan fingerprint density at radius 3 is 2.51 bits per heavy atom. The minimum atomic E-state index is -4.53. The zero-order valence-corrected chi connectivity index (χ0v) is 19.3. The lowest BCUT2D eigenvalue weighted by Gasteiger charge is -2.34. The fourth-order valence-corrected chi connectivity index (χ4v) is 4.48. The van der Waals surface area contributed by atoms with E-state index in [0.29, 0.717) is 44.5 Å². The number of anilines is 1. The number of nitrogens with one attached hydrogen (secondary N) is 1. The fourth-order valence-electron chi connectivity index (χ4n) is 4.36. The summed E-state index contributed by atoms with van der Waals surface area (Å²) in [5, 5.41) is 2.86. The van der Waals surface area contributed by atoms with Crippen molar-refractivity contribution in [1.29, 1.82) is 0 Å². The Balaban J connectivity index is 1.23. The number of halogens is 5. The van der Waals surface area contributed by atoms with Gasteiger partial charge in [0.1, 0.15) is 17.3 Å². The summed E-state index contributed by atoms with van der Waals surface area (Å²) in [6.07, 6.45) is -0.780. The van der Waals surface area contributed by atoms with Gasteiger partial charge in [-0.1, -0.05) is 11.6 Å². The summed E-state index contributed by atoms with van der Waals surface area (Å²) < 4.78 is 57.0. The first-order valence-electron chi connectivity index (χ1n) is 11.1. The summed E-state index contributed by atoms with van der Waals surface area (Å²) in [4.78, 5) is 31.7. The fraction of sp³-hybridized carbons (Fsp3) is 0.435. The Kier molecular flexibility index (Phi) is 7.34. The summed E-state index contributed by atoms with van der Waals surface area (Å²) in [5.41, 5.74) is -0.678. The average molecular weight is 515 g/mol. The number of amides is 3. The number of aromatic nitrogens is 1. The summed E-state index contributed by atoms with van der Waals surface area (Å²) in [5.74, 6) is -0.763. The maximum absolute atomic E-state index is 13.5. The van der Waals surface area contributed by atoms with Crippen molar-refractivity contribution in [3.63, 3.8) is 0 Å². The topological polar surface area (TPSA) is 74.8 Å². The molecule has 0 unspecified atom stereocenters. The minimum absolute atomic E-state index is 0.0173. The van der Waals surface area contributed by atoms with Gasteiger partial charge in [-0.2, -0.15) is 13.2 Å². The maximum atomic E-state index is 13.5. The zero-order valence-electron chi connectivity index (χ0n) is 18.5. The van der Waals surface area contributed by atoms with Gasteiger partial charge < -0.3 is 15.0 Å². The molecule has 2 heterocycles. The van der Waals surface area contributed by atoms with E-state index in [2.05, 4.69) is 10.3 Å². The van der Waals surface area contributed by atoms with Crippen LogP contribution in [0.15, 0.2) is 36.5 Å². The second-order valence-electron chi connectivity index (χ2n) is 8.46. The van der Waals surface area contributed by atoms with Crippen LogP contribution in [0, 0.1) is 5.82 Å². The lowest BCUT2D eigenvalue weighted by Crippen LogP contribution is -2.46. The Labute approximate surface area is 204 Å². The number of alkyl halides is 3. The molecule has 0 radical (unpaired) electrons. The van der Waals surface area contributed by atoms with Crippen LogP contribution in [0.5, 0.6) is 5.75 Å². The van der Waals surface area contributed by atoms with Crippen LogP contribution in [0.1, 0.15) is 31.4 Å². The standard InChI is InChI=1S/C23H23ClF4N4O3/c24-18-7-6-17(11-19(18)25)35-13-21(33)30-14-1-3-15(4-2-14)31-9-10-32(22(31)34)16-5-8-20(29-12-16)23(26,27)28/h5-8,11-12,14-15H,1-4,9-10,13H2,(H,30,33). The first-order chi connectivity index (χ1) is 16.6. The first kappa shape index (κ1) is 25.0. The molecule has 1 aromatic heterocycles. The molecular weight excluding hydrogens is 492 g/mol. The maximum Gasteiger partial charge on any atom is 0.433 e. The van der Waals surface area contributed by atoms with Crippen molar-refractivity contribution in [2.75, 3.05) is 24.6 Å². The third kappa shape index (κ3) is 5.95. The van der Waals surface area contributed by atoms with Crippen LogP contribution in [0.3, 0.4) is 0 Å². The van der Waals surface area contributed by atoms with E-state index >= 15 is 0 Å². The minimum Gasteiger partial charge on any atom is -0.484 e. The molecule has 188 valence electrons. The Bertz CT molecular complexity index is 1080. The molecule has 1 aromatic carbocycles. The van der Waals surface area contributed by atoms with Crippen molar-refractivity contribution < 1.29 is 31.9 Å². The lowest BCUT2D eigenvalue weighted by molar-refractivity contribution is -0.141. The van der Waals surface area contributed by atoms with E-state index in [1.807, 2.05) is 0 Å². The molecule has 35 heavy (non-hydrogen) atoms. The molecule has 1 aliphatic carbocycles. The second kappa shape index (κ2) is 10.3. The molecule has 1 N–H and O–H groups in total. The average Bonchev–Trinajstić information content (AvgIpc) is 3.21. The number of rotatable bonds is 6. The summed E-state index contributed by atoms with van der Waals surface area (Å²) in [6, 6.07) is 5.70. The van der Waals surface area contributed by atoms with Gasteiger partial charge >= 0.3 is 12.2 Å². The van der Waals surface area contributed by atoms with Crippen LogP contribution >= 0.6 is 11.6 Å². The summed E-state index contributed by atoms with van der Waals surface area (Å²) in [6.45, 7) is 0.569. The van der Waals surface area contributed by atoms with Gasteiger partial charge in [0, 0.05) is 31.2 Å². The van der Waals surface area contributed by atoms with E-state index in [9.17, 15) is 27.2 Å². The third-order valence-corrected chi connectivity index (χ3v) is 6.46. The molecule has 4 rings (SSSR count). The Morgan fingerprint density at radius 2 is 1.89 bits per heavy atom. The third-order valence-electron chi connectivity index (χ3n) is 6.15. The lowest BCUT2D eigenvalue weighted by atomic mass is 9.90. The molecule has 1 saturated carbocycles. The normalized spacial score (nSPS) is 20.8. The van der Waals surface area contributed by atoms with Gasteiger partial charge in [-0.05, 0) is 49.9 Å². The molecule has 2 aromatic rings. The van der Waals surface area contributed by atoms with E-state index in [4.69, 9.17) is 16.3 Å². The van der Waals surface area contributed by atoms with Gasteiger partial charge in [-0.3, -0.25) is 9.69 Å². The SMILES string of the molecule is O=C(COc1ccc(Cl)c(F)c1)NC1CCC(N2CCN(c3ccc(C(F)(F)F)nc3)C2=O)CC1. The molecular formula is C23H23ClF4N4O3. The van der Waals surface area contributed by atoms with Gasteiger partial charge in [-0.15, -0.1) is 0 Å². The van der Waals surface area contributed by atoms with Gasteiger partial charge in [0.05, 0.1) is 16.9 Å². The number of urea groups is 1. The Hall–Kier alpha value is -3.08. The number of hydrogen-bond acceptors (Lipinski definition) is 4. The molecule has 0 spiro atoms. The predicted molar refractivity (Wildman–Crippen MR) is 120 cm³/mol. The second-order valence-corrected chi connectivity index (χ2v) is 8.87. The largest absolute Gasteiger partial charge is 0.484 e. The van der Waals surface area contributed by atoms with E-state index in [-0.39, 0.29) is 41.4 Å². The number of benzene rings is 1. The highest BCUT2D eigenvalue weighted by atomic mass is 35.5. The van der Waals surface area contributed by atoms with Crippen LogP contribution < -0.4 is 15.0 Å². The molecule has 7 nitrogen and oxygen atoms in total. The van der Waals surface area contributed by atoms with Gasteiger partial charge in [-0.25, -0.2) is 14.2 Å². The van der Waals surface area contributed by atoms with Gasteiger partial charge in [0.2, 0.25) is 0 Å². The summed E-state index contributed by atoms with van der Waals surface area (Å²) in [7, 11) is 0. The van der Waals surface area contributed by atoms with Crippen molar-refractivity contribution in [3.05, 3.63) is 53.1 Å². The van der Waals surface area contributed by atoms with E-state index in [0.717, 1.165) is 18.3 Å². The first-order valence-corrected chi connectivity index (χ1v) is 11.5. The number of hydrogen-bond donors (Lipinski definition) is 1. The quantitative estimate of drug-likeness (QED) is 0.570. The molecule has 1 saturated heterocycles. The Morgan fingerprint density at radius 1 is 1.14 bits per heavy atom. The number of pyridine rings is 1. The molecule has 1 aliphatic heterocycles. The molecule has 0 atom stereocenters. The van der Waals surface area contributed by atoms with Crippen molar-refractivity contribution in [2.24, 2.45) is 0 Å².